The molecule has 0 saturated carbocycles. The first-order valence-corrected chi connectivity index (χ1v) is 4.33. The van der Waals surface area contributed by atoms with E-state index in [0.717, 1.165) is 5.56 Å². The molecule has 1 atom stereocenters. The van der Waals surface area contributed by atoms with Gasteiger partial charge in [-0.05, 0) is 5.56 Å². The average molecular weight is 176 g/mol. The van der Waals surface area contributed by atoms with Gasteiger partial charge in [-0.2, -0.15) is 0 Å². The van der Waals surface area contributed by atoms with E-state index in [4.69, 9.17) is 0 Å². The molecule has 0 bridgehead atoms. The maximum absolute atomic E-state index is 11.2. The molecule has 1 unspecified atom stereocenters. The lowest BCUT2D eigenvalue weighted by Crippen LogP contribution is -2.25. The molecule has 68 valence electrons. The van der Waals surface area contributed by atoms with Gasteiger partial charge in [-0.25, -0.2) is 0 Å². The zero-order valence-electron chi connectivity index (χ0n) is 7.53. The van der Waals surface area contributed by atoms with Gasteiger partial charge in [0.1, 0.15) is 6.17 Å². The smallest absolute Gasteiger partial charge is 0.237 e. The van der Waals surface area contributed by atoms with Gasteiger partial charge in [0.2, 0.25) is 5.91 Å². The van der Waals surface area contributed by atoms with Crippen LogP contribution in [0.4, 0.5) is 0 Å². The van der Waals surface area contributed by atoms with Gasteiger partial charge in [-0.15, -0.1) is 0 Å². The molecule has 3 nitrogen and oxygen atoms in total. The highest BCUT2D eigenvalue weighted by molar-refractivity contribution is 5.80. The fraction of sp³-hybridized carbons (Fsp3) is 0.300. The van der Waals surface area contributed by atoms with Crippen LogP contribution in [0.15, 0.2) is 30.3 Å². The van der Waals surface area contributed by atoms with Gasteiger partial charge in [0.25, 0.3) is 0 Å². The van der Waals surface area contributed by atoms with Gasteiger partial charge in [0.05, 0.1) is 6.54 Å². The summed E-state index contributed by atoms with van der Waals surface area (Å²) in [6, 6.07) is 9.97. The highest BCUT2D eigenvalue weighted by atomic mass is 16.2. The van der Waals surface area contributed by atoms with Gasteiger partial charge in [0, 0.05) is 7.05 Å². The fourth-order valence-corrected chi connectivity index (χ4v) is 1.57. The molecule has 1 fully saturated rings. The Morgan fingerprint density at radius 2 is 2.08 bits per heavy atom. The summed E-state index contributed by atoms with van der Waals surface area (Å²) in [5.41, 5.74) is 1.14. The van der Waals surface area contributed by atoms with E-state index in [1.54, 1.807) is 4.90 Å². The lowest BCUT2D eigenvalue weighted by atomic mass is 10.2. The van der Waals surface area contributed by atoms with Crippen LogP contribution >= 0.6 is 0 Å². The number of amides is 1. The van der Waals surface area contributed by atoms with Crippen molar-refractivity contribution in [3.63, 3.8) is 0 Å². The fourth-order valence-electron chi connectivity index (χ4n) is 1.57. The Hall–Kier alpha value is -1.35. The Morgan fingerprint density at radius 3 is 2.62 bits per heavy atom. The second-order valence-corrected chi connectivity index (χ2v) is 3.20. The number of rotatable bonds is 1. The Morgan fingerprint density at radius 1 is 1.38 bits per heavy atom. The minimum absolute atomic E-state index is 0.0497. The molecule has 0 spiro atoms. The van der Waals surface area contributed by atoms with Gasteiger partial charge in [0.15, 0.2) is 0 Å². The Balaban J connectivity index is 2.24. The summed E-state index contributed by atoms with van der Waals surface area (Å²) in [6.45, 7) is 0.441. The number of benzene rings is 1. The second-order valence-electron chi connectivity index (χ2n) is 3.20. The van der Waals surface area contributed by atoms with Crippen molar-refractivity contribution in [3.8, 4) is 0 Å². The van der Waals surface area contributed by atoms with Gasteiger partial charge >= 0.3 is 0 Å². The van der Waals surface area contributed by atoms with Crippen molar-refractivity contribution < 1.29 is 4.79 Å². The van der Waals surface area contributed by atoms with E-state index in [0.29, 0.717) is 6.54 Å². The van der Waals surface area contributed by atoms with Crippen LogP contribution in [0.3, 0.4) is 0 Å². The molecule has 1 aromatic carbocycles. The molecule has 1 heterocycles. The maximum Gasteiger partial charge on any atom is 0.237 e. The van der Waals surface area contributed by atoms with Gasteiger partial charge < -0.3 is 4.90 Å². The molecule has 0 radical (unpaired) electrons. The summed E-state index contributed by atoms with van der Waals surface area (Å²) in [4.78, 5) is 13.0. The summed E-state index contributed by atoms with van der Waals surface area (Å²) < 4.78 is 0. The molecule has 1 saturated heterocycles. The minimum atomic E-state index is 0.0497. The lowest BCUT2D eigenvalue weighted by Gasteiger charge is -2.19. The highest BCUT2D eigenvalue weighted by Gasteiger charge is 2.27. The van der Waals surface area contributed by atoms with Crippen LogP contribution < -0.4 is 5.32 Å². The van der Waals surface area contributed by atoms with E-state index in [1.165, 1.54) is 0 Å². The van der Waals surface area contributed by atoms with Crippen molar-refractivity contribution in [2.24, 2.45) is 0 Å². The van der Waals surface area contributed by atoms with Crippen molar-refractivity contribution in [3.05, 3.63) is 35.9 Å². The second kappa shape index (κ2) is 3.18. The largest absolute Gasteiger partial charge is 0.325 e. The summed E-state index contributed by atoms with van der Waals surface area (Å²) in [5.74, 6) is 0.147. The van der Waals surface area contributed by atoms with Crippen LogP contribution in [0.1, 0.15) is 11.7 Å². The van der Waals surface area contributed by atoms with E-state index in [9.17, 15) is 4.79 Å². The van der Waals surface area contributed by atoms with Gasteiger partial charge in [-0.1, -0.05) is 30.3 Å². The topological polar surface area (TPSA) is 32.3 Å². The molecule has 1 amide bonds. The average Bonchev–Trinajstić information content (AvgIpc) is 2.49. The van der Waals surface area contributed by atoms with Crippen molar-refractivity contribution in [2.45, 2.75) is 6.17 Å². The van der Waals surface area contributed by atoms with E-state index in [-0.39, 0.29) is 12.1 Å². The first kappa shape index (κ1) is 8.26. The van der Waals surface area contributed by atoms with Crippen molar-refractivity contribution in [1.82, 2.24) is 10.2 Å². The molecule has 1 aliphatic rings. The Kier molecular flexibility index (Phi) is 2.02. The van der Waals surface area contributed by atoms with E-state index in [1.807, 2.05) is 37.4 Å². The monoisotopic (exact) mass is 176 g/mol. The predicted octanol–water partition coefficient (Wildman–Crippen LogP) is 0.747. The normalized spacial score (nSPS) is 22.4. The first-order chi connectivity index (χ1) is 6.29. The third-order valence-corrected chi connectivity index (χ3v) is 2.34. The number of hydrogen-bond acceptors (Lipinski definition) is 2. The third kappa shape index (κ3) is 1.42. The predicted molar refractivity (Wildman–Crippen MR) is 50.0 cm³/mol. The molecule has 1 N–H and O–H groups in total. The summed E-state index contributed by atoms with van der Waals surface area (Å²) in [6.07, 6.45) is 0.0497. The molecule has 1 aromatic rings. The van der Waals surface area contributed by atoms with Crippen molar-refractivity contribution in [1.29, 1.82) is 0 Å². The van der Waals surface area contributed by atoms with Crippen LogP contribution in [-0.2, 0) is 4.79 Å². The molecule has 1 aliphatic heterocycles. The summed E-state index contributed by atoms with van der Waals surface area (Å²) >= 11 is 0. The lowest BCUT2D eigenvalue weighted by molar-refractivity contribution is -0.126. The van der Waals surface area contributed by atoms with Crippen LogP contribution in [0.5, 0.6) is 0 Å². The van der Waals surface area contributed by atoms with Crippen LogP contribution in [0.2, 0.25) is 0 Å². The SMILES string of the molecule is CN1C(=O)CNC1c1ccccc1. The molecule has 13 heavy (non-hydrogen) atoms. The first-order valence-electron chi connectivity index (χ1n) is 4.33. The number of nitrogens with zero attached hydrogens (tertiary/aromatic N) is 1. The minimum Gasteiger partial charge on any atom is -0.325 e. The van der Waals surface area contributed by atoms with Crippen LogP contribution in [0, 0.1) is 0 Å². The standard InChI is InChI=1S/C10H12N2O/c1-12-9(13)7-11-10(12)8-5-3-2-4-6-8/h2-6,10-11H,7H2,1H3. The van der Waals surface area contributed by atoms with Crippen molar-refractivity contribution >= 4 is 5.91 Å². The molecular weight excluding hydrogens is 164 g/mol. The van der Waals surface area contributed by atoms with Gasteiger partial charge in [-0.3, -0.25) is 10.1 Å². The molecular formula is C10H12N2O. The zero-order valence-corrected chi connectivity index (χ0v) is 7.53. The summed E-state index contributed by atoms with van der Waals surface area (Å²) in [7, 11) is 1.82. The Bertz CT molecular complexity index is 310. The molecule has 0 aromatic heterocycles. The van der Waals surface area contributed by atoms with Crippen molar-refractivity contribution in [2.75, 3.05) is 13.6 Å². The summed E-state index contributed by atoms with van der Waals surface area (Å²) in [5, 5.41) is 3.15. The number of nitrogens with one attached hydrogen (secondary N) is 1. The highest BCUT2D eigenvalue weighted by Crippen LogP contribution is 2.19. The third-order valence-electron chi connectivity index (χ3n) is 2.34. The quantitative estimate of drug-likeness (QED) is 0.684. The van der Waals surface area contributed by atoms with E-state index in [2.05, 4.69) is 5.32 Å². The maximum atomic E-state index is 11.2. The molecule has 3 heteroatoms. The van der Waals surface area contributed by atoms with Crippen LogP contribution in [0.25, 0.3) is 0 Å². The molecule has 0 aliphatic carbocycles. The zero-order chi connectivity index (χ0) is 9.26. The number of likely N-dealkylation sites (N-methyl/N-ethyl adjacent to an activating group) is 1. The van der Waals surface area contributed by atoms with E-state index >= 15 is 0 Å². The van der Waals surface area contributed by atoms with E-state index < -0.39 is 0 Å². The van der Waals surface area contributed by atoms with Crippen LogP contribution in [-0.4, -0.2) is 24.4 Å². The number of hydrogen-bond donors (Lipinski definition) is 1. The number of carbonyl (C=O) groups excluding carboxylic acids is 1. The molecule has 2 rings (SSSR count). The Labute approximate surface area is 77.4 Å². The number of carbonyl (C=O) groups is 1.